The van der Waals surface area contributed by atoms with E-state index in [1.54, 1.807) is 12.2 Å². The quantitative estimate of drug-likeness (QED) is 0.577. The maximum atomic E-state index is 12.8. The Morgan fingerprint density at radius 2 is 2.00 bits per heavy atom. The minimum absolute atomic E-state index is 0.0613. The van der Waals surface area contributed by atoms with Gasteiger partial charge in [0.2, 0.25) is 0 Å². The number of rotatable bonds is 6. The van der Waals surface area contributed by atoms with E-state index in [2.05, 4.69) is 13.8 Å². The molecule has 1 atom stereocenters. The molecular weight excluding hydrogens is 187 g/mol. The molecule has 0 bridgehead atoms. The van der Waals surface area contributed by atoms with E-state index < -0.39 is 0 Å². The first-order valence-electron chi connectivity index (χ1n) is 6.30. The summed E-state index contributed by atoms with van der Waals surface area (Å²) >= 11 is 0. The minimum atomic E-state index is -0.0613. The standard InChI is InChI=1S/C14H23F/c1-3-5-12(6-4-2)11-13-7-9-14(15)10-8-13/h7,9-10,12-13H,3-6,8,11H2,1-2H3. The Balaban J connectivity index is 2.35. The minimum Gasteiger partial charge on any atom is -0.207 e. The van der Waals surface area contributed by atoms with Gasteiger partial charge < -0.3 is 0 Å². The van der Waals surface area contributed by atoms with Crippen molar-refractivity contribution in [3.8, 4) is 0 Å². The summed E-state index contributed by atoms with van der Waals surface area (Å²) in [5.74, 6) is 1.35. The second kappa shape index (κ2) is 6.81. The first-order chi connectivity index (χ1) is 7.26. The summed E-state index contributed by atoms with van der Waals surface area (Å²) < 4.78 is 12.8. The van der Waals surface area contributed by atoms with Gasteiger partial charge in [0.1, 0.15) is 5.83 Å². The Kier molecular flexibility index (Phi) is 5.67. The molecule has 1 heteroatoms. The van der Waals surface area contributed by atoms with Crippen LogP contribution in [0.3, 0.4) is 0 Å². The van der Waals surface area contributed by atoms with Crippen LogP contribution in [0.15, 0.2) is 24.1 Å². The van der Waals surface area contributed by atoms with Crippen LogP contribution in [0.5, 0.6) is 0 Å². The van der Waals surface area contributed by atoms with Crippen molar-refractivity contribution in [1.82, 2.24) is 0 Å². The number of hydrogen-bond donors (Lipinski definition) is 0. The zero-order valence-electron chi connectivity index (χ0n) is 10.0. The smallest absolute Gasteiger partial charge is 0.118 e. The van der Waals surface area contributed by atoms with E-state index in [0.717, 1.165) is 12.3 Å². The van der Waals surface area contributed by atoms with Gasteiger partial charge in [0.25, 0.3) is 0 Å². The van der Waals surface area contributed by atoms with Gasteiger partial charge in [-0.2, -0.15) is 0 Å². The molecule has 1 aliphatic rings. The Labute approximate surface area is 93.3 Å². The second-order valence-corrected chi connectivity index (χ2v) is 4.62. The van der Waals surface area contributed by atoms with E-state index in [9.17, 15) is 4.39 Å². The zero-order chi connectivity index (χ0) is 11.1. The first-order valence-corrected chi connectivity index (χ1v) is 6.30. The summed E-state index contributed by atoms with van der Waals surface area (Å²) in [6, 6.07) is 0. The molecule has 0 aliphatic heterocycles. The molecule has 1 aliphatic carbocycles. The van der Waals surface area contributed by atoms with Crippen LogP contribution in [0.4, 0.5) is 4.39 Å². The van der Waals surface area contributed by atoms with E-state index in [1.807, 2.05) is 6.08 Å². The summed E-state index contributed by atoms with van der Waals surface area (Å²) in [7, 11) is 0. The van der Waals surface area contributed by atoms with Crippen molar-refractivity contribution in [2.45, 2.75) is 52.4 Å². The van der Waals surface area contributed by atoms with Gasteiger partial charge in [-0.05, 0) is 36.8 Å². The fourth-order valence-corrected chi connectivity index (χ4v) is 2.44. The highest BCUT2D eigenvalue weighted by atomic mass is 19.1. The molecule has 0 nitrogen and oxygen atoms in total. The lowest BCUT2D eigenvalue weighted by molar-refractivity contribution is 0.361. The van der Waals surface area contributed by atoms with Crippen LogP contribution in [-0.2, 0) is 0 Å². The second-order valence-electron chi connectivity index (χ2n) is 4.62. The summed E-state index contributed by atoms with van der Waals surface area (Å²) in [5, 5.41) is 0. The van der Waals surface area contributed by atoms with Crippen molar-refractivity contribution in [2.75, 3.05) is 0 Å². The van der Waals surface area contributed by atoms with Crippen LogP contribution in [0.25, 0.3) is 0 Å². The van der Waals surface area contributed by atoms with Crippen LogP contribution < -0.4 is 0 Å². The molecule has 0 fully saturated rings. The van der Waals surface area contributed by atoms with E-state index in [1.165, 1.54) is 32.1 Å². The molecule has 0 spiro atoms. The van der Waals surface area contributed by atoms with Crippen LogP contribution in [-0.4, -0.2) is 0 Å². The van der Waals surface area contributed by atoms with Crippen molar-refractivity contribution in [1.29, 1.82) is 0 Å². The molecule has 0 saturated heterocycles. The maximum absolute atomic E-state index is 12.8. The largest absolute Gasteiger partial charge is 0.207 e. The monoisotopic (exact) mass is 210 g/mol. The fraction of sp³-hybridized carbons (Fsp3) is 0.714. The summed E-state index contributed by atoms with van der Waals surface area (Å²) in [5.41, 5.74) is 0. The average Bonchev–Trinajstić information content (AvgIpc) is 2.22. The van der Waals surface area contributed by atoms with Crippen molar-refractivity contribution < 1.29 is 4.39 Å². The lowest BCUT2D eigenvalue weighted by Gasteiger charge is -2.21. The highest BCUT2D eigenvalue weighted by Crippen LogP contribution is 2.28. The van der Waals surface area contributed by atoms with Crippen molar-refractivity contribution in [2.24, 2.45) is 11.8 Å². The van der Waals surface area contributed by atoms with Crippen LogP contribution >= 0.6 is 0 Å². The van der Waals surface area contributed by atoms with Crippen LogP contribution in [0, 0.1) is 11.8 Å². The highest BCUT2D eigenvalue weighted by Gasteiger charge is 2.14. The van der Waals surface area contributed by atoms with Crippen LogP contribution in [0.2, 0.25) is 0 Å². The maximum Gasteiger partial charge on any atom is 0.118 e. The van der Waals surface area contributed by atoms with Gasteiger partial charge in [-0.1, -0.05) is 45.6 Å². The molecule has 0 N–H and O–H groups in total. The molecule has 0 saturated carbocycles. The molecule has 0 radical (unpaired) electrons. The normalized spacial score (nSPS) is 20.8. The third-order valence-corrected chi connectivity index (χ3v) is 3.17. The lowest BCUT2D eigenvalue weighted by atomic mass is 9.85. The third-order valence-electron chi connectivity index (χ3n) is 3.17. The van der Waals surface area contributed by atoms with Gasteiger partial charge in [0.15, 0.2) is 0 Å². The molecule has 0 heterocycles. The zero-order valence-corrected chi connectivity index (χ0v) is 10.0. The van der Waals surface area contributed by atoms with Gasteiger partial charge in [-0.15, -0.1) is 0 Å². The molecular formula is C14H23F. The van der Waals surface area contributed by atoms with Crippen molar-refractivity contribution >= 4 is 0 Å². The third kappa shape index (κ3) is 4.63. The molecule has 0 aromatic rings. The number of halogens is 1. The van der Waals surface area contributed by atoms with E-state index in [4.69, 9.17) is 0 Å². The Hall–Kier alpha value is -0.590. The molecule has 1 unspecified atom stereocenters. The van der Waals surface area contributed by atoms with Crippen molar-refractivity contribution in [3.05, 3.63) is 24.1 Å². The van der Waals surface area contributed by atoms with Gasteiger partial charge in [-0.25, -0.2) is 4.39 Å². The lowest BCUT2D eigenvalue weighted by Crippen LogP contribution is -2.08. The predicted molar refractivity (Wildman–Crippen MR) is 64.4 cm³/mol. The van der Waals surface area contributed by atoms with Gasteiger partial charge in [0, 0.05) is 0 Å². The first kappa shape index (κ1) is 12.5. The van der Waals surface area contributed by atoms with Gasteiger partial charge >= 0.3 is 0 Å². The molecule has 0 aromatic heterocycles. The predicted octanol–water partition coefficient (Wildman–Crippen LogP) is 5.02. The molecule has 15 heavy (non-hydrogen) atoms. The Bertz CT molecular complexity index is 221. The topological polar surface area (TPSA) is 0 Å². The summed E-state index contributed by atoms with van der Waals surface area (Å²) in [6.45, 7) is 4.50. The fourth-order valence-electron chi connectivity index (χ4n) is 2.44. The summed E-state index contributed by atoms with van der Waals surface area (Å²) in [4.78, 5) is 0. The molecule has 1 rings (SSSR count). The number of hydrogen-bond acceptors (Lipinski definition) is 0. The van der Waals surface area contributed by atoms with Crippen LogP contribution in [0.1, 0.15) is 52.4 Å². The van der Waals surface area contributed by atoms with E-state index in [0.29, 0.717) is 5.92 Å². The highest BCUT2D eigenvalue weighted by molar-refractivity contribution is 5.17. The van der Waals surface area contributed by atoms with Gasteiger partial charge in [0.05, 0.1) is 0 Å². The molecule has 86 valence electrons. The molecule has 0 aromatic carbocycles. The average molecular weight is 210 g/mol. The Morgan fingerprint density at radius 3 is 2.47 bits per heavy atom. The summed E-state index contributed by atoms with van der Waals surface area (Å²) in [6.07, 6.45) is 12.7. The number of allylic oxidation sites excluding steroid dienone is 4. The van der Waals surface area contributed by atoms with Crippen molar-refractivity contribution in [3.63, 3.8) is 0 Å². The van der Waals surface area contributed by atoms with E-state index >= 15 is 0 Å². The SMILES string of the molecule is CCCC(CCC)CC1C=CC(F)=CC1. The van der Waals surface area contributed by atoms with E-state index in [-0.39, 0.29) is 5.83 Å². The van der Waals surface area contributed by atoms with Gasteiger partial charge in [-0.3, -0.25) is 0 Å². The molecule has 0 amide bonds. The Morgan fingerprint density at radius 1 is 1.33 bits per heavy atom.